The molecule has 0 saturated heterocycles. The van der Waals surface area contributed by atoms with Crippen molar-refractivity contribution in [3.63, 3.8) is 0 Å². The molecule has 0 aliphatic rings. The monoisotopic (exact) mass is 196 g/mol. The summed E-state index contributed by atoms with van der Waals surface area (Å²) in [6, 6.07) is 3.46. The van der Waals surface area contributed by atoms with Gasteiger partial charge in [0, 0.05) is 12.8 Å². The number of ketones is 1. The Balaban J connectivity index is 2.72. The molecule has 0 N–H and O–H groups in total. The van der Waals surface area contributed by atoms with Crippen LogP contribution in [-0.4, -0.2) is 5.78 Å². The summed E-state index contributed by atoms with van der Waals surface area (Å²) in [4.78, 5) is 11.1. The Kier molecular flexibility index (Phi) is 3.51. The first-order valence-corrected chi connectivity index (χ1v) is 4.20. The third-order valence-electron chi connectivity index (χ3n) is 1.76. The van der Waals surface area contributed by atoms with E-state index in [1.54, 1.807) is 0 Å². The molecule has 0 aromatic heterocycles. The van der Waals surface area contributed by atoms with Crippen LogP contribution in [0.3, 0.4) is 0 Å². The molecule has 0 bridgehead atoms. The summed E-state index contributed by atoms with van der Waals surface area (Å²) in [5.74, 6) is -1.88. The molecule has 0 aliphatic carbocycles. The smallest absolute Gasteiger partial charge is 0.159 e. The lowest BCUT2D eigenvalue weighted by Crippen LogP contribution is -2.01. The first kappa shape index (κ1) is 10.6. The van der Waals surface area contributed by atoms with Crippen LogP contribution in [-0.2, 0) is 11.2 Å². The van der Waals surface area contributed by atoms with E-state index in [0.717, 1.165) is 12.1 Å². The van der Waals surface area contributed by atoms with E-state index in [1.165, 1.54) is 12.1 Å². The van der Waals surface area contributed by atoms with Gasteiger partial charge in [0.05, 0.1) is 0 Å². The van der Waals surface area contributed by atoms with Crippen molar-refractivity contribution in [1.82, 2.24) is 0 Å². The van der Waals surface area contributed by atoms with Gasteiger partial charge in [0.25, 0.3) is 0 Å². The Morgan fingerprint density at radius 2 is 2.07 bits per heavy atom. The predicted octanol–water partition coefficient (Wildman–Crippen LogP) is 2.65. The second-order valence-electron chi connectivity index (χ2n) is 2.96. The number of Topliss-reactive ketones (excluding diaryl/α,β-unsaturated/α-hetero) is 1. The van der Waals surface area contributed by atoms with Crippen molar-refractivity contribution in [2.45, 2.75) is 12.8 Å². The zero-order valence-electron chi connectivity index (χ0n) is 7.59. The van der Waals surface area contributed by atoms with Crippen LogP contribution in [0.2, 0.25) is 0 Å². The second-order valence-corrected chi connectivity index (χ2v) is 2.96. The average Bonchev–Trinajstić information content (AvgIpc) is 2.12. The molecule has 74 valence electrons. The van der Waals surface area contributed by atoms with Crippen molar-refractivity contribution in [3.05, 3.63) is 48.1 Å². The maximum atomic E-state index is 12.7. The van der Waals surface area contributed by atoms with Crippen molar-refractivity contribution in [2.75, 3.05) is 0 Å². The van der Waals surface area contributed by atoms with Crippen LogP contribution in [0.1, 0.15) is 12.0 Å². The molecule has 1 rings (SSSR count). The third-order valence-corrected chi connectivity index (χ3v) is 1.76. The van der Waals surface area contributed by atoms with Crippen molar-refractivity contribution >= 4 is 5.78 Å². The summed E-state index contributed by atoms with van der Waals surface area (Å²) in [7, 11) is 0. The van der Waals surface area contributed by atoms with Crippen molar-refractivity contribution in [3.8, 4) is 0 Å². The zero-order chi connectivity index (χ0) is 10.6. The zero-order valence-corrected chi connectivity index (χ0v) is 7.59. The van der Waals surface area contributed by atoms with Gasteiger partial charge in [-0.25, -0.2) is 8.78 Å². The van der Waals surface area contributed by atoms with Gasteiger partial charge in [-0.15, -0.1) is 6.58 Å². The molecule has 0 radical (unpaired) electrons. The van der Waals surface area contributed by atoms with Gasteiger partial charge in [-0.2, -0.15) is 0 Å². The molecule has 0 unspecified atom stereocenters. The van der Waals surface area contributed by atoms with Crippen LogP contribution in [0, 0.1) is 11.6 Å². The van der Waals surface area contributed by atoms with E-state index in [2.05, 4.69) is 6.58 Å². The van der Waals surface area contributed by atoms with E-state index in [-0.39, 0.29) is 18.6 Å². The molecular weight excluding hydrogens is 186 g/mol. The first-order valence-electron chi connectivity index (χ1n) is 4.20. The molecule has 0 spiro atoms. The molecule has 1 aromatic rings. The van der Waals surface area contributed by atoms with Gasteiger partial charge < -0.3 is 0 Å². The summed E-state index contributed by atoms with van der Waals surface area (Å²) in [5.41, 5.74) is 0.482. The second kappa shape index (κ2) is 4.65. The van der Waals surface area contributed by atoms with Gasteiger partial charge in [0.1, 0.15) is 5.78 Å². The number of allylic oxidation sites excluding steroid dienone is 1. The van der Waals surface area contributed by atoms with Gasteiger partial charge in [0.15, 0.2) is 11.6 Å². The summed E-state index contributed by atoms with van der Waals surface area (Å²) in [5, 5.41) is 0. The van der Waals surface area contributed by atoms with Crippen LogP contribution in [0.25, 0.3) is 0 Å². The fourth-order valence-electron chi connectivity index (χ4n) is 1.11. The van der Waals surface area contributed by atoms with E-state index < -0.39 is 11.6 Å². The number of carbonyl (C=O) groups excluding carboxylic acids is 1. The highest BCUT2D eigenvalue weighted by molar-refractivity contribution is 5.82. The Morgan fingerprint density at radius 3 is 2.64 bits per heavy atom. The Bertz CT molecular complexity index is 358. The third kappa shape index (κ3) is 2.76. The lowest BCUT2D eigenvalue weighted by Gasteiger charge is -1.99. The summed E-state index contributed by atoms with van der Waals surface area (Å²) < 4.78 is 25.2. The van der Waals surface area contributed by atoms with Crippen molar-refractivity contribution in [1.29, 1.82) is 0 Å². The van der Waals surface area contributed by atoms with Gasteiger partial charge in [-0.1, -0.05) is 12.1 Å². The SMILES string of the molecule is C=CCC(=O)Cc1ccc(F)c(F)c1. The number of halogens is 2. The first-order chi connectivity index (χ1) is 6.63. The molecule has 0 fully saturated rings. The Morgan fingerprint density at radius 1 is 1.36 bits per heavy atom. The highest BCUT2D eigenvalue weighted by Crippen LogP contribution is 2.09. The maximum Gasteiger partial charge on any atom is 0.159 e. The van der Waals surface area contributed by atoms with Gasteiger partial charge >= 0.3 is 0 Å². The lowest BCUT2D eigenvalue weighted by molar-refractivity contribution is -0.117. The standard InChI is InChI=1S/C11H10F2O/c1-2-3-9(14)6-8-4-5-10(12)11(13)7-8/h2,4-5,7H,1,3,6H2. The highest BCUT2D eigenvalue weighted by Gasteiger charge is 2.05. The van der Waals surface area contributed by atoms with E-state index >= 15 is 0 Å². The lowest BCUT2D eigenvalue weighted by atomic mass is 10.1. The molecular formula is C11H10F2O. The van der Waals surface area contributed by atoms with Crippen LogP contribution in [0.5, 0.6) is 0 Å². The number of benzene rings is 1. The maximum absolute atomic E-state index is 12.7. The molecule has 3 heteroatoms. The van der Waals surface area contributed by atoms with E-state index in [4.69, 9.17) is 0 Å². The average molecular weight is 196 g/mol. The molecule has 0 saturated carbocycles. The largest absolute Gasteiger partial charge is 0.299 e. The van der Waals surface area contributed by atoms with Crippen LogP contribution in [0.15, 0.2) is 30.9 Å². The minimum Gasteiger partial charge on any atom is -0.299 e. The molecule has 0 amide bonds. The molecule has 0 aliphatic heterocycles. The fraction of sp³-hybridized carbons (Fsp3) is 0.182. The molecule has 1 nitrogen and oxygen atoms in total. The molecule has 0 heterocycles. The van der Waals surface area contributed by atoms with Gasteiger partial charge in [-0.3, -0.25) is 4.79 Å². The van der Waals surface area contributed by atoms with Crippen LogP contribution < -0.4 is 0 Å². The number of hydrogen-bond acceptors (Lipinski definition) is 1. The molecule has 14 heavy (non-hydrogen) atoms. The van der Waals surface area contributed by atoms with Crippen molar-refractivity contribution in [2.24, 2.45) is 0 Å². The highest BCUT2D eigenvalue weighted by atomic mass is 19.2. The minimum atomic E-state index is -0.922. The minimum absolute atomic E-state index is 0.0639. The Hall–Kier alpha value is -1.51. The van der Waals surface area contributed by atoms with E-state index in [0.29, 0.717) is 5.56 Å². The molecule has 0 atom stereocenters. The number of rotatable bonds is 4. The van der Waals surface area contributed by atoms with E-state index in [9.17, 15) is 13.6 Å². The quantitative estimate of drug-likeness (QED) is 0.676. The predicted molar refractivity (Wildman–Crippen MR) is 49.9 cm³/mol. The Labute approximate surface area is 81.1 Å². The van der Waals surface area contributed by atoms with Crippen molar-refractivity contribution < 1.29 is 13.6 Å². The summed E-state index contributed by atoms with van der Waals surface area (Å²) in [6.07, 6.45) is 1.85. The van der Waals surface area contributed by atoms with E-state index in [1.807, 2.05) is 0 Å². The summed E-state index contributed by atoms with van der Waals surface area (Å²) in [6.45, 7) is 3.42. The topological polar surface area (TPSA) is 17.1 Å². The summed E-state index contributed by atoms with van der Waals surface area (Å²) >= 11 is 0. The van der Waals surface area contributed by atoms with Crippen LogP contribution in [0.4, 0.5) is 8.78 Å². The number of carbonyl (C=O) groups is 1. The van der Waals surface area contributed by atoms with Crippen LogP contribution >= 0.6 is 0 Å². The molecule has 1 aromatic carbocycles. The fourth-order valence-corrected chi connectivity index (χ4v) is 1.11. The van der Waals surface area contributed by atoms with Gasteiger partial charge in [0.2, 0.25) is 0 Å². The van der Waals surface area contributed by atoms with Gasteiger partial charge in [-0.05, 0) is 17.7 Å². The normalized spacial score (nSPS) is 9.86. The number of hydrogen-bond donors (Lipinski definition) is 0.